The van der Waals surface area contributed by atoms with Crippen molar-refractivity contribution in [1.82, 2.24) is 10.6 Å². The van der Waals surface area contributed by atoms with Crippen molar-refractivity contribution in [1.29, 1.82) is 0 Å². The number of amides is 1. The van der Waals surface area contributed by atoms with E-state index in [1.165, 1.54) is 12.8 Å². The number of hydrogen-bond donors (Lipinski definition) is 2. The molecule has 1 rings (SSSR count). The van der Waals surface area contributed by atoms with Crippen molar-refractivity contribution in [3.05, 3.63) is 0 Å². The van der Waals surface area contributed by atoms with Gasteiger partial charge in [0.15, 0.2) is 0 Å². The highest BCUT2D eigenvalue weighted by atomic mass is 32.2. The maximum atomic E-state index is 11.8. The Morgan fingerprint density at radius 3 is 2.65 bits per heavy atom. The average Bonchev–Trinajstić information content (AvgIpc) is 2.26. The number of carbonyl (C=O) groups excluding carboxylic acids is 1. The second kappa shape index (κ2) is 6.64. The molecular weight excluding hydrogens is 232 g/mol. The lowest BCUT2D eigenvalue weighted by atomic mass is 9.95. The van der Waals surface area contributed by atoms with E-state index in [0.717, 1.165) is 18.1 Å². The Labute approximate surface area is 109 Å². The molecule has 0 heterocycles. The van der Waals surface area contributed by atoms with Crippen molar-refractivity contribution in [3.8, 4) is 0 Å². The monoisotopic (exact) mass is 258 g/mol. The van der Waals surface area contributed by atoms with Crippen LogP contribution >= 0.6 is 11.8 Å². The second-order valence-corrected chi connectivity index (χ2v) is 7.03. The average molecular weight is 258 g/mol. The van der Waals surface area contributed by atoms with Crippen molar-refractivity contribution >= 4 is 17.7 Å². The third-order valence-electron chi connectivity index (χ3n) is 3.10. The molecular formula is C13H26N2OS. The molecule has 0 spiro atoms. The first kappa shape index (κ1) is 14.8. The molecule has 3 nitrogen and oxygen atoms in total. The first-order valence-electron chi connectivity index (χ1n) is 6.48. The molecule has 1 aliphatic rings. The van der Waals surface area contributed by atoms with Crippen molar-refractivity contribution in [2.24, 2.45) is 0 Å². The van der Waals surface area contributed by atoms with Gasteiger partial charge in [0.25, 0.3) is 0 Å². The maximum absolute atomic E-state index is 11.8. The Balaban J connectivity index is 2.26. The Hall–Kier alpha value is -0.220. The van der Waals surface area contributed by atoms with Gasteiger partial charge in [0.2, 0.25) is 5.91 Å². The summed E-state index contributed by atoms with van der Waals surface area (Å²) in [5.41, 5.74) is 0.00567. The van der Waals surface area contributed by atoms with Crippen LogP contribution in [0.2, 0.25) is 0 Å². The van der Waals surface area contributed by atoms with Crippen molar-refractivity contribution in [2.45, 2.75) is 63.3 Å². The van der Waals surface area contributed by atoms with Gasteiger partial charge in [-0.2, -0.15) is 11.8 Å². The van der Waals surface area contributed by atoms with Crippen LogP contribution in [0.5, 0.6) is 0 Å². The van der Waals surface area contributed by atoms with Crippen molar-refractivity contribution < 1.29 is 4.79 Å². The van der Waals surface area contributed by atoms with E-state index in [-0.39, 0.29) is 11.4 Å². The molecule has 17 heavy (non-hydrogen) atoms. The van der Waals surface area contributed by atoms with E-state index in [2.05, 4.69) is 37.7 Å². The van der Waals surface area contributed by atoms with Gasteiger partial charge in [0.1, 0.15) is 0 Å². The van der Waals surface area contributed by atoms with Crippen molar-refractivity contribution in [2.75, 3.05) is 12.8 Å². The van der Waals surface area contributed by atoms with E-state index in [9.17, 15) is 4.79 Å². The summed E-state index contributed by atoms with van der Waals surface area (Å²) in [4.78, 5) is 11.8. The van der Waals surface area contributed by atoms with E-state index >= 15 is 0 Å². The topological polar surface area (TPSA) is 41.1 Å². The molecule has 0 aromatic rings. The summed E-state index contributed by atoms with van der Waals surface area (Å²) in [5.74, 6) is 0.131. The van der Waals surface area contributed by atoms with Crippen LogP contribution in [-0.4, -0.2) is 35.5 Å². The molecule has 0 bridgehead atoms. The minimum atomic E-state index is 0.00567. The molecule has 2 N–H and O–H groups in total. The van der Waals surface area contributed by atoms with E-state index in [4.69, 9.17) is 0 Å². The summed E-state index contributed by atoms with van der Waals surface area (Å²) >= 11 is 1.93. The first-order chi connectivity index (χ1) is 7.90. The molecule has 100 valence electrons. The summed E-state index contributed by atoms with van der Waals surface area (Å²) < 4.78 is 0. The molecule has 0 aromatic carbocycles. The summed E-state index contributed by atoms with van der Waals surface area (Å²) in [6, 6.07) is 0.385. The van der Waals surface area contributed by atoms with Gasteiger partial charge in [0.05, 0.1) is 6.54 Å². The molecule has 0 saturated heterocycles. The van der Waals surface area contributed by atoms with Crippen LogP contribution in [0.25, 0.3) is 0 Å². The fourth-order valence-electron chi connectivity index (χ4n) is 2.11. The molecule has 2 unspecified atom stereocenters. The fraction of sp³-hybridized carbons (Fsp3) is 0.923. The second-order valence-electron chi connectivity index (χ2n) is 5.89. The van der Waals surface area contributed by atoms with Crippen LogP contribution in [0.3, 0.4) is 0 Å². The standard InChI is InChI=1S/C13H26N2OS/c1-13(2,3)14-9-12(16)15-10-6-5-7-11(8-10)17-4/h10-11,14H,5-9H2,1-4H3,(H,15,16). The molecule has 1 fully saturated rings. The lowest BCUT2D eigenvalue weighted by Crippen LogP contribution is -2.47. The highest BCUT2D eigenvalue weighted by Crippen LogP contribution is 2.26. The predicted octanol–water partition coefficient (Wildman–Crippen LogP) is 2.16. The van der Waals surface area contributed by atoms with Crippen LogP contribution in [0, 0.1) is 0 Å². The fourth-order valence-corrected chi connectivity index (χ4v) is 2.94. The van der Waals surface area contributed by atoms with Gasteiger partial charge in [-0.1, -0.05) is 6.42 Å². The largest absolute Gasteiger partial charge is 0.352 e. The van der Waals surface area contributed by atoms with Gasteiger partial charge in [-0.15, -0.1) is 0 Å². The van der Waals surface area contributed by atoms with Crippen LogP contribution < -0.4 is 10.6 Å². The Kier molecular flexibility index (Phi) is 5.80. The number of carbonyl (C=O) groups is 1. The van der Waals surface area contributed by atoms with Gasteiger partial charge >= 0.3 is 0 Å². The van der Waals surface area contributed by atoms with Crippen LogP contribution in [0.15, 0.2) is 0 Å². The number of thioether (sulfide) groups is 1. The maximum Gasteiger partial charge on any atom is 0.234 e. The van der Waals surface area contributed by atoms with Gasteiger partial charge < -0.3 is 10.6 Å². The lowest BCUT2D eigenvalue weighted by Gasteiger charge is -2.29. The SMILES string of the molecule is CSC1CCCC(NC(=O)CNC(C)(C)C)C1. The Morgan fingerprint density at radius 2 is 2.06 bits per heavy atom. The van der Waals surface area contributed by atoms with Crippen LogP contribution in [-0.2, 0) is 4.79 Å². The Morgan fingerprint density at radius 1 is 1.35 bits per heavy atom. The summed E-state index contributed by atoms with van der Waals surface area (Å²) in [5, 5.41) is 7.09. The molecule has 1 aliphatic carbocycles. The summed E-state index contributed by atoms with van der Waals surface area (Å²) in [6.45, 7) is 6.64. The van der Waals surface area contributed by atoms with Gasteiger partial charge in [-0.05, 0) is 46.3 Å². The first-order valence-corrected chi connectivity index (χ1v) is 7.76. The van der Waals surface area contributed by atoms with E-state index in [1.54, 1.807) is 0 Å². The smallest absolute Gasteiger partial charge is 0.234 e. The minimum absolute atomic E-state index is 0.00567. The van der Waals surface area contributed by atoms with Crippen LogP contribution in [0.4, 0.5) is 0 Å². The molecule has 0 radical (unpaired) electrons. The minimum Gasteiger partial charge on any atom is -0.352 e. The summed E-state index contributed by atoms with van der Waals surface area (Å²) in [6.07, 6.45) is 6.97. The molecule has 0 aromatic heterocycles. The quantitative estimate of drug-likeness (QED) is 0.812. The molecule has 4 heteroatoms. The molecule has 2 atom stereocenters. The third kappa shape index (κ3) is 6.32. The highest BCUT2D eigenvalue weighted by molar-refractivity contribution is 7.99. The Bertz CT molecular complexity index is 250. The van der Waals surface area contributed by atoms with Gasteiger partial charge in [-0.25, -0.2) is 0 Å². The summed E-state index contributed by atoms with van der Waals surface area (Å²) in [7, 11) is 0. The normalized spacial score (nSPS) is 25.6. The lowest BCUT2D eigenvalue weighted by molar-refractivity contribution is -0.121. The number of nitrogens with one attached hydrogen (secondary N) is 2. The number of rotatable bonds is 4. The third-order valence-corrected chi connectivity index (χ3v) is 4.20. The molecule has 0 aliphatic heterocycles. The van der Waals surface area contributed by atoms with Gasteiger partial charge in [0, 0.05) is 16.8 Å². The van der Waals surface area contributed by atoms with E-state index in [0.29, 0.717) is 12.6 Å². The van der Waals surface area contributed by atoms with E-state index < -0.39 is 0 Å². The predicted molar refractivity (Wildman–Crippen MR) is 75.5 cm³/mol. The van der Waals surface area contributed by atoms with Gasteiger partial charge in [-0.3, -0.25) is 4.79 Å². The molecule has 1 amide bonds. The zero-order valence-corrected chi connectivity index (χ0v) is 12.3. The van der Waals surface area contributed by atoms with Crippen molar-refractivity contribution in [3.63, 3.8) is 0 Å². The highest BCUT2D eigenvalue weighted by Gasteiger charge is 2.22. The van der Waals surface area contributed by atoms with E-state index in [1.807, 2.05) is 11.8 Å². The molecule has 1 saturated carbocycles. The van der Waals surface area contributed by atoms with Crippen LogP contribution in [0.1, 0.15) is 46.5 Å². The number of hydrogen-bond acceptors (Lipinski definition) is 3. The zero-order chi connectivity index (χ0) is 12.9. The zero-order valence-electron chi connectivity index (χ0n) is 11.5.